The minimum absolute atomic E-state index is 0.129. The second kappa shape index (κ2) is 7.78. The van der Waals surface area contributed by atoms with Gasteiger partial charge in [-0.3, -0.25) is 14.4 Å². The Labute approximate surface area is 172 Å². The number of nitrogens with zero attached hydrogens (tertiary/aromatic N) is 1. The number of carbonyl (C=O) groups excluding carboxylic acids is 3. The fourth-order valence-corrected chi connectivity index (χ4v) is 3.97. The van der Waals surface area contributed by atoms with Crippen LogP contribution in [0.3, 0.4) is 0 Å². The van der Waals surface area contributed by atoms with E-state index in [4.69, 9.17) is 0 Å². The van der Waals surface area contributed by atoms with Crippen LogP contribution < -0.4 is 10.6 Å². The fourth-order valence-electron chi connectivity index (χ4n) is 3.97. The molecule has 0 unspecified atom stereocenters. The fraction of sp³-hybridized carbons (Fsp3) is 0.318. The van der Waals surface area contributed by atoms with Crippen LogP contribution in [0.1, 0.15) is 27.9 Å². The molecule has 2 aliphatic heterocycles. The molecule has 2 aliphatic rings. The van der Waals surface area contributed by atoms with Gasteiger partial charge in [-0.2, -0.15) is 0 Å². The molecule has 0 radical (unpaired) electrons. The maximum absolute atomic E-state index is 13.7. The molecule has 30 heavy (non-hydrogen) atoms. The van der Waals surface area contributed by atoms with E-state index in [1.165, 1.54) is 29.2 Å². The molecule has 2 aromatic rings. The molecule has 0 bridgehead atoms. The Hall–Kier alpha value is -3.42. The molecule has 3 N–H and O–H groups in total. The van der Waals surface area contributed by atoms with Crippen LogP contribution in [0.2, 0.25) is 0 Å². The summed E-state index contributed by atoms with van der Waals surface area (Å²) in [4.78, 5) is 39.4. The van der Waals surface area contributed by atoms with Gasteiger partial charge < -0.3 is 20.6 Å². The lowest BCUT2D eigenvalue weighted by atomic mass is 10.0. The number of phenolic OH excluding ortho intramolecular Hbond substituents is 1. The number of rotatable bonds is 4. The highest BCUT2D eigenvalue weighted by Crippen LogP contribution is 2.24. The summed E-state index contributed by atoms with van der Waals surface area (Å²) in [6.07, 6.45) is 0.622. The maximum atomic E-state index is 13.7. The number of nitrogens with one attached hydrogen (secondary N) is 2. The van der Waals surface area contributed by atoms with E-state index in [9.17, 15) is 23.9 Å². The number of carbonyl (C=O) groups is 3. The van der Waals surface area contributed by atoms with Crippen molar-refractivity contribution in [3.8, 4) is 5.75 Å². The molecule has 7 nitrogen and oxygen atoms in total. The summed E-state index contributed by atoms with van der Waals surface area (Å²) in [7, 11) is 0. The molecular weight excluding hydrogens is 389 g/mol. The first-order chi connectivity index (χ1) is 14.3. The van der Waals surface area contributed by atoms with E-state index in [-0.39, 0.29) is 29.7 Å². The normalized spacial score (nSPS) is 23.1. The highest BCUT2D eigenvalue weighted by atomic mass is 19.1. The zero-order valence-corrected chi connectivity index (χ0v) is 16.4. The summed E-state index contributed by atoms with van der Waals surface area (Å²) < 4.78 is 13.7. The number of amides is 3. The predicted octanol–water partition coefficient (Wildman–Crippen LogP) is 1.28. The van der Waals surface area contributed by atoms with Crippen LogP contribution in [0.4, 0.5) is 4.39 Å². The van der Waals surface area contributed by atoms with Gasteiger partial charge in [-0.15, -0.1) is 0 Å². The largest absolute Gasteiger partial charge is 0.508 e. The summed E-state index contributed by atoms with van der Waals surface area (Å²) in [5, 5.41) is 15.0. The first kappa shape index (κ1) is 19.9. The topological polar surface area (TPSA) is 98.7 Å². The van der Waals surface area contributed by atoms with Crippen molar-refractivity contribution in [2.45, 2.75) is 37.9 Å². The van der Waals surface area contributed by atoms with Crippen LogP contribution in [0.5, 0.6) is 5.75 Å². The molecule has 3 atom stereocenters. The van der Waals surface area contributed by atoms with Crippen LogP contribution in [0, 0.1) is 12.7 Å². The van der Waals surface area contributed by atoms with Gasteiger partial charge in [-0.1, -0.05) is 18.2 Å². The van der Waals surface area contributed by atoms with Crippen molar-refractivity contribution in [3.05, 3.63) is 65.0 Å². The highest BCUT2D eigenvalue weighted by molar-refractivity contribution is 5.98. The molecule has 3 amide bonds. The molecule has 8 heteroatoms. The van der Waals surface area contributed by atoms with Gasteiger partial charge >= 0.3 is 0 Å². The minimum atomic E-state index is -0.695. The van der Waals surface area contributed by atoms with E-state index in [0.29, 0.717) is 18.4 Å². The number of hydrogen-bond donors (Lipinski definition) is 3. The quantitative estimate of drug-likeness (QED) is 0.706. The third-order valence-corrected chi connectivity index (χ3v) is 5.65. The molecular formula is C22H22FN3O4. The van der Waals surface area contributed by atoms with Gasteiger partial charge in [0, 0.05) is 24.6 Å². The summed E-state index contributed by atoms with van der Waals surface area (Å²) in [6, 6.07) is 9.00. The average Bonchev–Trinajstić information content (AvgIpc) is 3.14. The van der Waals surface area contributed by atoms with Gasteiger partial charge in [0.1, 0.15) is 23.7 Å². The number of benzene rings is 2. The zero-order valence-electron chi connectivity index (χ0n) is 16.4. The van der Waals surface area contributed by atoms with Crippen molar-refractivity contribution < 1.29 is 23.9 Å². The van der Waals surface area contributed by atoms with E-state index in [1.807, 2.05) is 0 Å². The standard InChI is InChI=1S/C22H22FN3O4/c1-12-2-5-14(9-17(12)23)20(28)24-15-10-19-21(29)25-18(22(30)26(19)11-15)8-13-3-6-16(27)7-4-13/h2-7,9,15,18-19,27H,8,10-11H2,1H3,(H,24,28)(H,25,29)/t15-,18+,19-/m0/s1. The summed E-state index contributed by atoms with van der Waals surface area (Å²) >= 11 is 0. The van der Waals surface area contributed by atoms with Crippen molar-refractivity contribution in [2.75, 3.05) is 6.54 Å². The number of fused-ring (bicyclic) bond motifs is 1. The van der Waals surface area contributed by atoms with E-state index >= 15 is 0 Å². The minimum Gasteiger partial charge on any atom is -0.508 e. The Bertz CT molecular complexity index is 1010. The maximum Gasteiger partial charge on any atom is 0.251 e. The lowest BCUT2D eigenvalue weighted by molar-refractivity contribution is -0.147. The molecule has 2 aromatic carbocycles. The number of phenols is 1. The number of halogens is 1. The third-order valence-electron chi connectivity index (χ3n) is 5.65. The van der Waals surface area contributed by atoms with Gasteiger partial charge in [0.05, 0.1) is 0 Å². The number of aryl methyl sites for hydroxylation is 1. The molecule has 0 aliphatic carbocycles. The Balaban J connectivity index is 1.42. The van der Waals surface area contributed by atoms with Crippen molar-refractivity contribution in [3.63, 3.8) is 0 Å². The van der Waals surface area contributed by atoms with Crippen molar-refractivity contribution >= 4 is 17.7 Å². The van der Waals surface area contributed by atoms with E-state index in [0.717, 1.165) is 5.56 Å². The van der Waals surface area contributed by atoms with Gasteiger partial charge in [-0.25, -0.2) is 4.39 Å². The lowest BCUT2D eigenvalue weighted by Gasteiger charge is -2.34. The number of hydrogen-bond acceptors (Lipinski definition) is 4. The molecule has 2 heterocycles. The van der Waals surface area contributed by atoms with Crippen LogP contribution in [0.15, 0.2) is 42.5 Å². The number of piperazine rings is 1. The molecule has 2 fully saturated rings. The Morgan fingerprint density at radius 1 is 1.23 bits per heavy atom. The first-order valence-electron chi connectivity index (χ1n) is 9.77. The highest BCUT2D eigenvalue weighted by Gasteiger charge is 2.46. The van der Waals surface area contributed by atoms with Gasteiger partial charge in [0.15, 0.2) is 0 Å². The predicted molar refractivity (Wildman–Crippen MR) is 106 cm³/mol. The van der Waals surface area contributed by atoms with Crippen LogP contribution >= 0.6 is 0 Å². The van der Waals surface area contributed by atoms with Crippen LogP contribution in [-0.4, -0.2) is 52.4 Å². The van der Waals surface area contributed by atoms with E-state index < -0.39 is 29.8 Å². The van der Waals surface area contributed by atoms with E-state index in [1.54, 1.807) is 25.1 Å². The second-order valence-electron chi connectivity index (χ2n) is 7.81. The zero-order chi connectivity index (χ0) is 21.4. The second-order valence-corrected chi connectivity index (χ2v) is 7.81. The van der Waals surface area contributed by atoms with E-state index in [2.05, 4.69) is 10.6 Å². The Morgan fingerprint density at radius 3 is 2.67 bits per heavy atom. The summed E-state index contributed by atoms with van der Waals surface area (Å²) in [5.74, 6) is -1.22. The molecule has 2 saturated heterocycles. The third kappa shape index (κ3) is 3.85. The van der Waals surface area contributed by atoms with Gasteiger partial charge in [-0.05, 0) is 48.7 Å². The molecule has 0 saturated carbocycles. The lowest BCUT2D eigenvalue weighted by Crippen LogP contribution is -2.61. The Kier molecular flexibility index (Phi) is 5.15. The first-order valence-corrected chi connectivity index (χ1v) is 9.77. The number of aromatic hydroxyl groups is 1. The van der Waals surface area contributed by atoms with Gasteiger partial charge in [0.2, 0.25) is 11.8 Å². The SMILES string of the molecule is Cc1ccc(C(=O)N[C@H]2C[C@H]3C(=O)N[C@H](Cc4ccc(O)cc4)C(=O)N3C2)cc1F. The molecule has 0 aromatic heterocycles. The Morgan fingerprint density at radius 2 is 1.97 bits per heavy atom. The summed E-state index contributed by atoms with van der Waals surface area (Å²) in [6.45, 7) is 1.84. The van der Waals surface area contributed by atoms with Crippen molar-refractivity contribution in [1.82, 2.24) is 15.5 Å². The monoisotopic (exact) mass is 411 g/mol. The average molecular weight is 411 g/mol. The molecule has 4 rings (SSSR count). The van der Waals surface area contributed by atoms with Crippen LogP contribution in [0.25, 0.3) is 0 Å². The van der Waals surface area contributed by atoms with Crippen molar-refractivity contribution in [1.29, 1.82) is 0 Å². The summed E-state index contributed by atoms with van der Waals surface area (Å²) in [5.41, 5.74) is 1.46. The van der Waals surface area contributed by atoms with Gasteiger partial charge in [0.25, 0.3) is 5.91 Å². The van der Waals surface area contributed by atoms with Crippen LogP contribution in [-0.2, 0) is 16.0 Å². The van der Waals surface area contributed by atoms with Crippen molar-refractivity contribution in [2.24, 2.45) is 0 Å². The molecule has 156 valence electrons. The smallest absolute Gasteiger partial charge is 0.251 e. The molecule has 0 spiro atoms.